The third kappa shape index (κ3) is 5.04. The number of carboxylic acid groups (broad SMARTS) is 1. The Labute approximate surface area is 180 Å². The predicted molar refractivity (Wildman–Crippen MR) is 110 cm³/mol. The first-order valence-electron chi connectivity index (χ1n) is 9.82. The molecule has 4 N–H and O–H groups in total. The zero-order valence-corrected chi connectivity index (χ0v) is 17.5. The van der Waals surface area contributed by atoms with Crippen molar-refractivity contribution in [2.45, 2.75) is 42.4 Å². The maximum absolute atomic E-state index is 13.0. The number of hydroxylamine groups is 1. The fourth-order valence-electron chi connectivity index (χ4n) is 3.88. The fourth-order valence-corrected chi connectivity index (χ4v) is 5.20. The molecule has 0 saturated heterocycles. The summed E-state index contributed by atoms with van der Waals surface area (Å²) in [6.07, 6.45) is 1.69. The van der Waals surface area contributed by atoms with Gasteiger partial charge in [0, 0.05) is 6.54 Å². The van der Waals surface area contributed by atoms with Crippen LogP contribution in [0.5, 0.6) is 11.5 Å². The van der Waals surface area contributed by atoms with E-state index in [4.69, 9.17) is 9.84 Å². The van der Waals surface area contributed by atoms with Crippen molar-refractivity contribution in [1.82, 2.24) is 10.2 Å². The smallest absolute Gasteiger partial charge is 0.304 e. The van der Waals surface area contributed by atoms with E-state index in [0.717, 1.165) is 0 Å². The maximum atomic E-state index is 13.0. The number of para-hydroxylation sites is 1. The van der Waals surface area contributed by atoms with E-state index in [1.807, 2.05) is 6.07 Å². The first-order valence-corrected chi connectivity index (χ1v) is 11.3. The van der Waals surface area contributed by atoms with Crippen LogP contribution in [-0.2, 0) is 25.0 Å². The summed E-state index contributed by atoms with van der Waals surface area (Å²) < 4.78 is 34.1. The van der Waals surface area contributed by atoms with Crippen molar-refractivity contribution in [2.24, 2.45) is 0 Å². The molecule has 0 aromatic heterocycles. The number of benzene rings is 2. The summed E-state index contributed by atoms with van der Waals surface area (Å²) >= 11 is 0. The number of amides is 1. The minimum atomic E-state index is -4.12. The van der Waals surface area contributed by atoms with E-state index in [9.17, 15) is 23.2 Å². The summed E-state index contributed by atoms with van der Waals surface area (Å²) in [6, 6.07) is 13.2. The molecule has 166 valence electrons. The number of rotatable bonds is 9. The molecule has 0 radical (unpaired) electrons. The van der Waals surface area contributed by atoms with Crippen LogP contribution < -0.4 is 14.9 Å². The van der Waals surface area contributed by atoms with Gasteiger partial charge in [-0.15, -0.1) is 0 Å². The van der Waals surface area contributed by atoms with Gasteiger partial charge in [-0.25, -0.2) is 18.6 Å². The van der Waals surface area contributed by atoms with Crippen LogP contribution in [-0.4, -0.2) is 37.2 Å². The third-order valence-electron chi connectivity index (χ3n) is 5.36. The van der Waals surface area contributed by atoms with Gasteiger partial charge in [-0.05, 0) is 48.7 Å². The molecule has 0 bridgehead atoms. The van der Waals surface area contributed by atoms with E-state index in [2.05, 4.69) is 4.72 Å². The van der Waals surface area contributed by atoms with Crippen molar-refractivity contribution in [3.63, 3.8) is 0 Å². The van der Waals surface area contributed by atoms with Crippen molar-refractivity contribution in [1.29, 1.82) is 0 Å². The molecule has 31 heavy (non-hydrogen) atoms. The van der Waals surface area contributed by atoms with Gasteiger partial charge in [-0.1, -0.05) is 31.0 Å². The highest BCUT2D eigenvalue weighted by molar-refractivity contribution is 7.89. The molecule has 1 aliphatic carbocycles. The second-order valence-electron chi connectivity index (χ2n) is 7.34. The zero-order chi connectivity index (χ0) is 22.5. The molecule has 0 unspecified atom stereocenters. The number of carbonyl (C=O) groups excluding carboxylic acids is 1. The monoisotopic (exact) mass is 448 g/mol. The molecular formula is C21H24N2O7S. The van der Waals surface area contributed by atoms with E-state index < -0.39 is 27.3 Å². The average molecular weight is 448 g/mol. The summed E-state index contributed by atoms with van der Waals surface area (Å²) in [7, 11) is -4.12. The number of hydrogen-bond acceptors (Lipinski definition) is 6. The van der Waals surface area contributed by atoms with E-state index in [0.29, 0.717) is 37.2 Å². The van der Waals surface area contributed by atoms with Gasteiger partial charge in [-0.3, -0.25) is 14.8 Å². The van der Waals surface area contributed by atoms with Crippen molar-refractivity contribution >= 4 is 21.9 Å². The van der Waals surface area contributed by atoms with Gasteiger partial charge in [0.25, 0.3) is 5.91 Å². The molecule has 1 aliphatic rings. The number of aliphatic carboxylic acids is 1. The quantitative estimate of drug-likeness (QED) is 0.341. The number of carboxylic acids is 1. The fraction of sp³-hybridized carbons (Fsp3) is 0.333. The number of carbonyl (C=O) groups is 2. The van der Waals surface area contributed by atoms with Crippen LogP contribution in [0.25, 0.3) is 0 Å². The second kappa shape index (κ2) is 9.46. The van der Waals surface area contributed by atoms with Gasteiger partial charge in [0.05, 0.1) is 16.7 Å². The van der Waals surface area contributed by atoms with Crippen molar-refractivity contribution in [3.8, 4) is 11.5 Å². The third-order valence-corrected chi connectivity index (χ3v) is 6.88. The van der Waals surface area contributed by atoms with Gasteiger partial charge < -0.3 is 9.84 Å². The average Bonchev–Trinajstić information content (AvgIpc) is 3.24. The molecular weight excluding hydrogens is 424 g/mol. The SMILES string of the molecule is O=C(O)CCNS(=O)(=O)c1ccc(Oc2ccccc2)cc1C1(C(=O)NO)CCCC1. The van der Waals surface area contributed by atoms with Gasteiger partial charge in [-0.2, -0.15) is 0 Å². The molecule has 0 aliphatic heterocycles. The van der Waals surface area contributed by atoms with Crippen LogP contribution in [0, 0.1) is 0 Å². The minimum absolute atomic E-state index is 0.149. The lowest BCUT2D eigenvalue weighted by Gasteiger charge is -2.29. The summed E-state index contributed by atoms with van der Waals surface area (Å²) in [5.74, 6) is -0.955. The largest absolute Gasteiger partial charge is 0.481 e. The zero-order valence-electron chi connectivity index (χ0n) is 16.7. The first kappa shape index (κ1) is 22.7. The molecule has 1 saturated carbocycles. The molecule has 9 nitrogen and oxygen atoms in total. The van der Waals surface area contributed by atoms with Crippen molar-refractivity contribution in [2.75, 3.05) is 6.54 Å². The highest BCUT2D eigenvalue weighted by atomic mass is 32.2. The van der Waals surface area contributed by atoms with Crippen LogP contribution in [0.15, 0.2) is 53.4 Å². The second-order valence-corrected chi connectivity index (χ2v) is 9.08. The summed E-state index contributed by atoms with van der Waals surface area (Å²) in [6.45, 7) is -0.293. The van der Waals surface area contributed by atoms with Crippen molar-refractivity contribution < 1.29 is 33.1 Å². The molecule has 1 amide bonds. The van der Waals surface area contributed by atoms with Gasteiger partial charge in [0.2, 0.25) is 10.0 Å². The first-order chi connectivity index (χ1) is 14.8. The van der Waals surface area contributed by atoms with Crippen LogP contribution in [0.3, 0.4) is 0 Å². The summed E-state index contributed by atoms with van der Waals surface area (Å²) in [5.41, 5.74) is 0.633. The number of hydrogen-bond donors (Lipinski definition) is 4. The number of sulfonamides is 1. The Bertz CT molecular complexity index is 1050. The Morgan fingerprint density at radius 2 is 1.71 bits per heavy atom. The normalized spacial score (nSPS) is 15.4. The van der Waals surface area contributed by atoms with Crippen LogP contribution in [0.1, 0.15) is 37.7 Å². The van der Waals surface area contributed by atoms with Gasteiger partial charge in [0.15, 0.2) is 0 Å². The van der Waals surface area contributed by atoms with E-state index in [-0.39, 0.29) is 23.4 Å². The highest BCUT2D eigenvalue weighted by Crippen LogP contribution is 2.45. The van der Waals surface area contributed by atoms with E-state index in [1.54, 1.807) is 29.7 Å². The lowest BCUT2D eigenvalue weighted by atomic mass is 9.78. The number of ether oxygens (including phenoxy) is 1. The molecule has 2 aromatic rings. The molecule has 10 heteroatoms. The Morgan fingerprint density at radius 3 is 2.32 bits per heavy atom. The van der Waals surface area contributed by atoms with Gasteiger partial charge >= 0.3 is 5.97 Å². The van der Waals surface area contributed by atoms with Crippen LogP contribution in [0.2, 0.25) is 0 Å². The molecule has 0 heterocycles. The standard InChI is InChI=1S/C21H24N2O7S/c24-19(25)10-13-22-31(28,29)18-9-8-16(30-15-6-2-1-3-7-15)14-17(18)21(20(26)23-27)11-4-5-12-21/h1-3,6-9,14,22,27H,4-5,10-13H2,(H,23,26)(H,24,25). The summed E-state index contributed by atoms with van der Waals surface area (Å²) in [4.78, 5) is 23.3. The maximum Gasteiger partial charge on any atom is 0.304 e. The molecule has 3 rings (SSSR count). The molecule has 1 fully saturated rings. The van der Waals surface area contributed by atoms with Crippen LogP contribution in [0.4, 0.5) is 0 Å². The minimum Gasteiger partial charge on any atom is -0.481 e. The topological polar surface area (TPSA) is 142 Å². The lowest BCUT2D eigenvalue weighted by Crippen LogP contribution is -2.42. The Kier molecular flexibility index (Phi) is 6.94. The lowest BCUT2D eigenvalue weighted by molar-refractivity contribution is -0.137. The Balaban J connectivity index is 2.07. The highest BCUT2D eigenvalue weighted by Gasteiger charge is 2.46. The van der Waals surface area contributed by atoms with Crippen LogP contribution >= 0.6 is 0 Å². The van der Waals surface area contributed by atoms with E-state index in [1.165, 1.54) is 18.2 Å². The van der Waals surface area contributed by atoms with Gasteiger partial charge in [0.1, 0.15) is 11.5 Å². The van der Waals surface area contributed by atoms with E-state index >= 15 is 0 Å². The molecule has 0 atom stereocenters. The number of nitrogens with one attached hydrogen (secondary N) is 2. The predicted octanol–water partition coefficient (Wildman–Crippen LogP) is 2.55. The van der Waals surface area contributed by atoms with Crippen molar-refractivity contribution in [3.05, 3.63) is 54.1 Å². The Hall–Kier alpha value is -2.95. The molecule has 0 spiro atoms. The summed E-state index contributed by atoms with van der Waals surface area (Å²) in [5, 5.41) is 18.2. The molecule has 2 aromatic carbocycles. The Morgan fingerprint density at radius 1 is 1.03 bits per heavy atom.